The molecular weight excluding hydrogens is 114 g/mol. The van der Waals surface area contributed by atoms with Crippen LogP contribution in [0, 0.1) is 6.92 Å². The van der Waals surface area contributed by atoms with E-state index < -0.39 is 0 Å². The molecule has 0 aromatic carbocycles. The van der Waals surface area contributed by atoms with E-state index in [2.05, 4.69) is 16.7 Å². The van der Waals surface area contributed by atoms with Crippen LogP contribution in [0.15, 0.2) is 19.0 Å². The monoisotopic (exact) mass is 123 g/mol. The summed E-state index contributed by atoms with van der Waals surface area (Å²) in [4.78, 5) is 3.94. The molecule has 1 aromatic rings. The number of hydrogen-bond acceptors (Lipinski definition) is 2. The average molecular weight is 123 g/mol. The van der Waals surface area contributed by atoms with Crippen LogP contribution in [0.2, 0.25) is 0 Å². The predicted molar refractivity (Wildman–Crippen MR) is 35.0 cm³/mol. The third kappa shape index (κ3) is 1.16. The van der Waals surface area contributed by atoms with Crippen molar-refractivity contribution in [2.45, 2.75) is 13.5 Å². The number of aryl methyl sites for hydroxylation is 1. The molecule has 0 unspecified atom stereocenters. The highest BCUT2D eigenvalue weighted by Gasteiger charge is 1.91. The summed E-state index contributed by atoms with van der Waals surface area (Å²) >= 11 is 0. The van der Waals surface area contributed by atoms with Gasteiger partial charge in [-0.2, -0.15) is 5.10 Å². The van der Waals surface area contributed by atoms with Gasteiger partial charge in [0, 0.05) is 0 Å². The normalized spacial score (nSPS) is 9.44. The van der Waals surface area contributed by atoms with Gasteiger partial charge in [-0.3, -0.25) is 0 Å². The Balaban J connectivity index is 2.80. The molecule has 48 valence electrons. The van der Waals surface area contributed by atoms with E-state index in [0.717, 1.165) is 12.4 Å². The lowest BCUT2D eigenvalue weighted by Gasteiger charge is -1.94. The van der Waals surface area contributed by atoms with Gasteiger partial charge < -0.3 is 0 Å². The largest absolute Gasteiger partial charge is 0.247 e. The molecule has 0 saturated carbocycles. The molecule has 3 nitrogen and oxygen atoms in total. The first-order valence-electron chi connectivity index (χ1n) is 2.80. The third-order valence-electron chi connectivity index (χ3n) is 1.11. The highest BCUT2D eigenvalue weighted by molar-refractivity contribution is 4.81. The van der Waals surface area contributed by atoms with Crippen LogP contribution in [0.4, 0.5) is 0 Å². The molecule has 1 aromatic heterocycles. The lowest BCUT2D eigenvalue weighted by atomic mass is 10.6. The number of hydrogen-bond donors (Lipinski definition) is 0. The van der Waals surface area contributed by atoms with Gasteiger partial charge >= 0.3 is 0 Å². The number of nitrogens with zero attached hydrogens (tertiary/aromatic N) is 3. The second-order valence-electron chi connectivity index (χ2n) is 1.78. The molecule has 1 heterocycles. The Morgan fingerprint density at radius 2 is 2.67 bits per heavy atom. The minimum absolute atomic E-state index is 0.742. The Morgan fingerprint density at radius 3 is 3.11 bits per heavy atom. The van der Waals surface area contributed by atoms with Gasteiger partial charge in [0.15, 0.2) is 0 Å². The Bertz CT molecular complexity index is 202. The van der Waals surface area contributed by atoms with Gasteiger partial charge in [-0.15, -0.1) is 6.58 Å². The molecule has 0 aliphatic heterocycles. The molecule has 0 bridgehead atoms. The summed E-state index contributed by atoms with van der Waals surface area (Å²) in [5.41, 5.74) is 0. The van der Waals surface area contributed by atoms with Crippen molar-refractivity contribution in [2.24, 2.45) is 0 Å². The highest BCUT2D eigenvalue weighted by atomic mass is 15.3. The predicted octanol–water partition coefficient (Wildman–Crippen LogP) is 0.773. The maximum atomic E-state index is 3.94. The zero-order valence-corrected chi connectivity index (χ0v) is 5.41. The third-order valence-corrected chi connectivity index (χ3v) is 1.11. The quantitative estimate of drug-likeness (QED) is 0.544. The minimum atomic E-state index is 0.742. The molecule has 0 aliphatic rings. The van der Waals surface area contributed by atoms with E-state index in [1.165, 1.54) is 0 Å². The van der Waals surface area contributed by atoms with Gasteiger partial charge in [0.05, 0.1) is 6.54 Å². The second-order valence-corrected chi connectivity index (χ2v) is 1.78. The van der Waals surface area contributed by atoms with Crippen LogP contribution in [-0.4, -0.2) is 14.8 Å². The first kappa shape index (κ1) is 6.01. The molecule has 0 N–H and O–H groups in total. The van der Waals surface area contributed by atoms with Crippen LogP contribution in [-0.2, 0) is 6.54 Å². The lowest BCUT2D eigenvalue weighted by molar-refractivity contribution is 0.675. The first-order chi connectivity index (χ1) is 4.34. The van der Waals surface area contributed by atoms with Crippen molar-refractivity contribution in [2.75, 3.05) is 0 Å². The molecule has 9 heavy (non-hydrogen) atoms. The minimum Gasteiger partial charge on any atom is -0.247 e. The van der Waals surface area contributed by atoms with Crippen LogP contribution >= 0.6 is 0 Å². The van der Waals surface area contributed by atoms with Crippen molar-refractivity contribution in [1.82, 2.24) is 14.8 Å². The topological polar surface area (TPSA) is 30.7 Å². The Hall–Kier alpha value is -1.12. The lowest BCUT2D eigenvalue weighted by Crippen LogP contribution is -1.99. The van der Waals surface area contributed by atoms with E-state index in [1.54, 1.807) is 17.1 Å². The fourth-order valence-corrected chi connectivity index (χ4v) is 0.623. The summed E-state index contributed by atoms with van der Waals surface area (Å²) in [7, 11) is 0. The van der Waals surface area contributed by atoms with Crippen LogP contribution in [0.1, 0.15) is 5.82 Å². The van der Waals surface area contributed by atoms with Crippen molar-refractivity contribution in [3.8, 4) is 0 Å². The average Bonchev–Trinajstić information content (AvgIpc) is 2.18. The van der Waals surface area contributed by atoms with Gasteiger partial charge in [0.1, 0.15) is 12.2 Å². The molecule has 0 atom stereocenters. The van der Waals surface area contributed by atoms with Crippen LogP contribution in [0.5, 0.6) is 0 Å². The fraction of sp³-hybridized carbons (Fsp3) is 0.333. The number of rotatable bonds is 2. The summed E-state index contributed by atoms with van der Waals surface area (Å²) in [5.74, 6) is 0.926. The van der Waals surface area contributed by atoms with Crippen molar-refractivity contribution in [3.05, 3.63) is 24.8 Å². The highest BCUT2D eigenvalue weighted by Crippen LogP contribution is 1.88. The van der Waals surface area contributed by atoms with E-state index in [0.29, 0.717) is 0 Å². The standard InChI is InChI=1S/C6H9N3/c1-3-4-9-6(2)7-5-8-9/h3,5H,1,4H2,2H3. The van der Waals surface area contributed by atoms with E-state index in [-0.39, 0.29) is 0 Å². The molecule has 3 heteroatoms. The molecule has 0 radical (unpaired) electrons. The zero-order valence-electron chi connectivity index (χ0n) is 5.41. The van der Waals surface area contributed by atoms with Crippen LogP contribution in [0.3, 0.4) is 0 Å². The van der Waals surface area contributed by atoms with E-state index >= 15 is 0 Å². The smallest absolute Gasteiger partial charge is 0.138 e. The van der Waals surface area contributed by atoms with E-state index in [1.807, 2.05) is 6.92 Å². The summed E-state index contributed by atoms with van der Waals surface area (Å²) in [6, 6.07) is 0. The summed E-state index contributed by atoms with van der Waals surface area (Å²) < 4.78 is 1.78. The molecule has 0 saturated heterocycles. The van der Waals surface area contributed by atoms with Crippen molar-refractivity contribution >= 4 is 0 Å². The second kappa shape index (κ2) is 2.44. The maximum absolute atomic E-state index is 3.94. The summed E-state index contributed by atoms with van der Waals surface area (Å²) in [6.45, 7) is 6.24. The fourth-order valence-electron chi connectivity index (χ4n) is 0.623. The van der Waals surface area contributed by atoms with Gasteiger partial charge in [-0.1, -0.05) is 6.08 Å². The van der Waals surface area contributed by atoms with E-state index in [4.69, 9.17) is 0 Å². The molecule has 0 fully saturated rings. The summed E-state index contributed by atoms with van der Waals surface area (Å²) in [6.07, 6.45) is 3.33. The molecule has 0 amide bonds. The summed E-state index contributed by atoms with van der Waals surface area (Å²) in [5, 5.41) is 3.94. The molecule has 0 aliphatic carbocycles. The Kier molecular flexibility index (Phi) is 1.63. The SMILES string of the molecule is C=CCn1ncnc1C. The number of allylic oxidation sites excluding steroid dienone is 1. The van der Waals surface area contributed by atoms with Crippen molar-refractivity contribution in [1.29, 1.82) is 0 Å². The molecule has 0 spiro atoms. The molecular formula is C6H9N3. The Morgan fingerprint density at radius 1 is 1.89 bits per heavy atom. The van der Waals surface area contributed by atoms with Gasteiger partial charge in [0.2, 0.25) is 0 Å². The van der Waals surface area contributed by atoms with Crippen molar-refractivity contribution < 1.29 is 0 Å². The van der Waals surface area contributed by atoms with Crippen molar-refractivity contribution in [3.63, 3.8) is 0 Å². The van der Waals surface area contributed by atoms with Gasteiger partial charge in [-0.05, 0) is 6.92 Å². The molecule has 1 rings (SSSR count). The van der Waals surface area contributed by atoms with Crippen LogP contribution in [0.25, 0.3) is 0 Å². The maximum Gasteiger partial charge on any atom is 0.138 e. The number of aromatic nitrogens is 3. The van der Waals surface area contributed by atoms with Gasteiger partial charge in [-0.25, -0.2) is 9.67 Å². The Labute approximate surface area is 54.0 Å². The van der Waals surface area contributed by atoms with Gasteiger partial charge in [0.25, 0.3) is 0 Å². The first-order valence-corrected chi connectivity index (χ1v) is 2.80. The van der Waals surface area contributed by atoms with Crippen LogP contribution < -0.4 is 0 Å². The van der Waals surface area contributed by atoms with E-state index in [9.17, 15) is 0 Å². The zero-order chi connectivity index (χ0) is 6.69.